The topological polar surface area (TPSA) is 62.7 Å². The minimum absolute atomic E-state index is 0. The van der Waals surface area contributed by atoms with Crippen molar-refractivity contribution < 1.29 is 8.95 Å². The highest BCUT2D eigenvalue weighted by atomic mass is 127. The number of guanidine groups is 1. The molecule has 0 aromatic carbocycles. The van der Waals surface area contributed by atoms with E-state index in [-0.39, 0.29) is 24.0 Å². The third-order valence-corrected chi connectivity index (χ3v) is 6.94. The van der Waals surface area contributed by atoms with Crippen molar-refractivity contribution in [2.45, 2.75) is 89.0 Å². The van der Waals surface area contributed by atoms with Crippen molar-refractivity contribution in [2.75, 3.05) is 25.4 Å². The van der Waals surface area contributed by atoms with E-state index in [0.717, 1.165) is 63.5 Å². The maximum atomic E-state index is 12.1. The molecular weight excluding hydrogens is 461 g/mol. The Morgan fingerprint density at radius 1 is 1.15 bits per heavy atom. The van der Waals surface area contributed by atoms with Crippen LogP contribution in [0.25, 0.3) is 0 Å². The van der Waals surface area contributed by atoms with Crippen molar-refractivity contribution in [3.8, 4) is 0 Å². The first-order chi connectivity index (χ1) is 12.2. The Hall–Kier alpha value is 0.110. The molecule has 2 aliphatic rings. The predicted molar refractivity (Wildman–Crippen MR) is 122 cm³/mol. The van der Waals surface area contributed by atoms with Gasteiger partial charge >= 0.3 is 0 Å². The second kappa shape index (κ2) is 14.2. The lowest BCUT2D eigenvalue weighted by molar-refractivity contribution is 0.0579. The van der Waals surface area contributed by atoms with Gasteiger partial charge in [0.15, 0.2) is 5.96 Å². The summed E-state index contributed by atoms with van der Waals surface area (Å²) in [7, 11) is -0.679. The van der Waals surface area contributed by atoms with Gasteiger partial charge in [0, 0.05) is 47.5 Å². The maximum absolute atomic E-state index is 12.1. The smallest absolute Gasteiger partial charge is 0.191 e. The van der Waals surface area contributed by atoms with Crippen LogP contribution in [0.3, 0.4) is 0 Å². The summed E-state index contributed by atoms with van der Waals surface area (Å²) in [5, 5.41) is 7.25. The van der Waals surface area contributed by atoms with Gasteiger partial charge in [-0.15, -0.1) is 24.0 Å². The molecule has 3 atom stereocenters. The Morgan fingerprint density at radius 3 is 2.62 bits per heavy atom. The quantitative estimate of drug-likeness (QED) is 0.220. The molecule has 0 saturated heterocycles. The molecular formula is C19H38IN3O2S. The van der Waals surface area contributed by atoms with Crippen LogP contribution in [0.15, 0.2) is 4.99 Å². The van der Waals surface area contributed by atoms with E-state index in [1.807, 2.05) is 6.92 Å². The van der Waals surface area contributed by atoms with Crippen LogP contribution in [0.1, 0.15) is 71.6 Å². The van der Waals surface area contributed by atoms with E-state index in [9.17, 15) is 4.21 Å². The molecule has 26 heavy (non-hydrogen) atoms. The van der Waals surface area contributed by atoms with Gasteiger partial charge in [-0.05, 0) is 45.4 Å². The Balaban J connectivity index is 0.00000338. The minimum atomic E-state index is -0.679. The van der Waals surface area contributed by atoms with Crippen molar-refractivity contribution in [1.82, 2.24) is 10.6 Å². The fourth-order valence-electron chi connectivity index (χ4n) is 3.82. The van der Waals surface area contributed by atoms with Gasteiger partial charge in [0.1, 0.15) is 0 Å². The normalized spacial score (nSPS) is 25.5. The Kier molecular flexibility index (Phi) is 13.1. The van der Waals surface area contributed by atoms with E-state index in [0.29, 0.717) is 17.4 Å². The highest BCUT2D eigenvalue weighted by molar-refractivity contribution is 14.0. The van der Waals surface area contributed by atoms with Crippen LogP contribution in [0.2, 0.25) is 0 Å². The van der Waals surface area contributed by atoms with Gasteiger partial charge in [-0.2, -0.15) is 0 Å². The van der Waals surface area contributed by atoms with Crippen molar-refractivity contribution in [1.29, 1.82) is 0 Å². The van der Waals surface area contributed by atoms with Gasteiger partial charge < -0.3 is 15.4 Å². The lowest BCUT2D eigenvalue weighted by Crippen LogP contribution is -2.46. The van der Waals surface area contributed by atoms with E-state index in [1.165, 1.54) is 25.7 Å². The van der Waals surface area contributed by atoms with Gasteiger partial charge in [0.25, 0.3) is 0 Å². The predicted octanol–water partition coefficient (Wildman–Crippen LogP) is 3.59. The second-order valence-corrected chi connectivity index (χ2v) is 9.20. The van der Waals surface area contributed by atoms with Crippen molar-refractivity contribution in [2.24, 2.45) is 4.99 Å². The molecule has 154 valence electrons. The molecule has 0 aliphatic heterocycles. The molecule has 0 radical (unpaired) electrons. The first-order valence-electron chi connectivity index (χ1n) is 10.3. The van der Waals surface area contributed by atoms with E-state index in [4.69, 9.17) is 9.73 Å². The number of halogens is 1. The van der Waals surface area contributed by atoms with Gasteiger partial charge in [-0.25, -0.2) is 0 Å². The molecule has 2 aliphatic carbocycles. The number of hydrogen-bond donors (Lipinski definition) is 2. The molecule has 2 fully saturated rings. The van der Waals surface area contributed by atoms with Crippen LogP contribution in [-0.4, -0.2) is 53.0 Å². The van der Waals surface area contributed by atoms with Crippen LogP contribution in [0.4, 0.5) is 0 Å². The van der Waals surface area contributed by atoms with E-state index in [2.05, 4.69) is 17.6 Å². The van der Waals surface area contributed by atoms with Gasteiger partial charge in [-0.1, -0.05) is 26.2 Å². The summed E-state index contributed by atoms with van der Waals surface area (Å²) >= 11 is 0. The SMILES string of the molecule is CCNC(=NCCCOC1CCCC1)NC1CCCC(S(=O)CC)C1.I. The number of nitrogens with one attached hydrogen (secondary N) is 2. The number of hydrogen-bond acceptors (Lipinski definition) is 3. The molecule has 0 amide bonds. The summed E-state index contributed by atoms with van der Waals surface area (Å²) < 4.78 is 18.0. The highest BCUT2D eigenvalue weighted by Crippen LogP contribution is 2.23. The third kappa shape index (κ3) is 8.87. The zero-order chi connectivity index (χ0) is 17.9. The fourth-order valence-corrected chi connectivity index (χ4v) is 5.17. The van der Waals surface area contributed by atoms with E-state index >= 15 is 0 Å². The molecule has 7 heteroatoms. The van der Waals surface area contributed by atoms with Crippen molar-refractivity contribution >= 4 is 40.7 Å². The summed E-state index contributed by atoms with van der Waals surface area (Å²) in [6.45, 7) is 6.58. The number of aliphatic imine (C=N–C) groups is 1. The molecule has 0 heterocycles. The van der Waals surface area contributed by atoms with Crippen LogP contribution in [0.5, 0.6) is 0 Å². The second-order valence-electron chi connectivity index (χ2n) is 7.19. The lowest BCUT2D eigenvalue weighted by Gasteiger charge is -2.30. The van der Waals surface area contributed by atoms with Crippen LogP contribution < -0.4 is 10.6 Å². The minimum Gasteiger partial charge on any atom is -0.378 e. The van der Waals surface area contributed by atoms with Crippen LogP contribution in [-0.2, 0) is 15.5 Å². The lowest BCUT2D eigenvalue weighted by atomic mass is 9.95. The molecule has 0 spiro atoms. The largest absolute Gasteiger partial charge is 0.378 e. The van der Waals surface area contributed by atoms with Crippen molar-refractivity contribution in [3.05, 3.63) is 0 Å². The monoisotopic (exact) mass is 499 g/mol. The summed E-state index contributed by atoms with van der Waals surface area (Å²) in [4.78, 5) is 4.70. The summed E-state index contributed by atoms with van der Waals surface area (Å²) in [6, 6.07) is 0.391. The van der Waals surface area contributed by atoms with Crippen molar-refractivity contribution in [3.63, 3.8) is 0 Å². The van der Waals surface area contributed by atoms with E-state index < -0.39 is 10.8 Å². The standard InChI is InChI=1S/C19H37N3O2S.HI/c1-3-20-19(21-13-8-14-24-17-10-5-6-11-17)22-16-9-7-12-18(15-16)25(23)4-2;/h16-18H,3-15H2,1-2H3,(H2,20,21,22);1H. The first kappa shape index (κ1) is 24.1. The Morgan fingerprint density at radius 2 is 1.92 bits per heavy atom. The maximum Gasteiger partial charge on any atom is 0.191 e. The average Bonchev–Trinajstić information content (AvgIpc) is 3.14. The van der Waals surface area contributed by atoms with E-state index in [1.54, 1.807) is 0 Å². The molecule has 2 saturated carbocycles. The van der Waals surface area contributed by atoms with Gasteiger partial charge in [0.2, 0.25) is 0 Å². The number of rotatable bonds is 9. The highest BCUT2D eigenvalue weighted by Gasteiger charge is 2.26. The summed E-state index contributed by atoms with van der Waals surface area (Å²) in [5.74, 6) is 1.67. The van der Waals surface area contributed by atoms with Crippen LogP contribution >= 0.6 is 24.0 Å². The molecule has 3 unspecified atom stereocenters. The molecule has 2 N–H and O–H groups in total. The molecule has 0 aromatic rings. The summed E-state index contributed by atoms with van der Waals surface area (Å²) in [5.41, 5.74) is 0. The third-order valence-electron chi connectivity index (χ3n) is 5.20. The number of ether oxygens (including phenoxy) is 1. The zero-order valence-corrected chi connectivity index (χ0v) is 19.7. The average molecular weight is 500 g/mol. The molecule has 0 aromatic heterocycles. The Bertz CT molecular complexity index is 431. The summed E-state index contributed by atoms with van der Waals surface area (Å²) in [6.07, 6.45) is 11.0. The zero-order valence-electron chi connectivity index (χ0n) is 16.5. The fraction of sp³-hybridized carbons (Fsp3) is 0.947. The molecule has 5 nitrogen and oxygen atoms in total. The number of nitrogens with zero attached hydrogens (tertiary/aromatic N) is 1. The molecule has 0 bridgehead atoms. The van der Waals surface area contributed by atoms with Crippen LogP contribution in [0, 0.1) is 0 Å². The van der Waals surface area contributed by atoms with Gasteiger partial charge in [-0.3, -0.25) is 9.20 Å². The van der Waals surface area contributed by atoms with Gasteiger partial charge in [0.05, 0.1) is 6.10 Å². The Labute approximate surface area is 179 Å². The molecule has 2 rings (SSSR count). The first-order valence-corrected chi connectivity index (χ1v) is 11.6.